The third kappa shape index (κ3) is 1.67. The highest BCUT2D eigenvalue weighted by Crippen LogP contribution is 2.25. The summed E-state index contributed by atoms with van der Waals surface area (Å²) in [5, 5.41) is 4.17. The molecule has 20 heavy (non-hydrogen) atoms. The van der Waals surface area contributed by atoms with Crippen LogP contribution in [-0.2, 0) is 0 Å². The number of hydrogen-bond donors (Lipinski definition) is 1. The van der Waals surface area contributed by atoms with Gasteiger partial charge in [-0.05, 0) is 40.2 Å². The van der Waals surface area contributed by atoms with Crippen LogP contribution in [0.5, 0.6) is 0 Å². The van der Waals surface area contributed by atoms with Crippen molar-refractivity contribution in [1.82, 2.24) is 19.6 Å². The molecule has 1 aromatic carbocycles. The van der Waals surface area contributed by atoms with E-state index in [9.17, 15) is 0 Å². The minimum atomic E-state index is 0.166. The lowest BCUT2D eigenvalue weighted by Gasteiger charge is -2.01. The van der Waals surface area contributed by atoms with Crippen molar-refractivity contribution in [3.05, 3.63) is 41.1 Å². The van der Waals surface area contributed by atoms with Gasteiger partial charge in [-0.2, -0.15) is 10.1 Å². The topological polar surface area (TPSA) is 82.2 Å². The van der Waals surface area contributed by atoms with Gasteiger partial charge in [0, 0.05) is 11.8 Å². The molecule has 2 N–H and O–H groups in total. The van der Waals surface area contributed by atoms with Crippen LogP contribution < -0.4 is 5.73 Å². The molecule has 0 aliphatic rings. The largest absolute Gasteiger partial charge is 0.424 e. The molecule has 0 radical (unpaired) electrons. The first-order valence-electron chi connectivity index (χ1n) is 5.87. The summed E-state index contributed by atoms with van der Waals surface area (Å²) in [4.78, 5) is 8.71. The van der Waals surface area contributed by atoms with Crippen LogP contribution in [0.15, 0.2) is 45.5 Å². The van der Waals surface area contributed by atoms with Crippen molar-refractivity contribution < 1.29 is 4.42 Å². The molecule has 7 heteroatoms. The second-order valence-corrected chi connectivity index (χ2v) is 5.16. The third-order valence-electron chi connectivity index (χ3n) is 3.03. The van der Waals surface area contributed by atoms with Crippen molar-refractivity contribution >= 4 is 38.7 Å². The quantitative estimate of drug-likeness (QED) is 0.580. The van der Waals surface area contributed by atoms with Crippen LogP contribution in [0.25, 0.3) is 28.0 Å². The molecule has 0 aliphatic heterocycles. The van der Waals surface area contributed by atoms with E-state index in [1.165, 1.54) is 0 Å². The van der Waals surface area contributed by atoms with Gasteiger partial charge in [0.25, 0.3) is 6.01 Å². The molecular weight excluding hydrogens is 322 g/mol. The lowest BCUT2D eigenvalue weighted by Crippen LogP contribution is -1.91. The molecule has 0 aliphatic carbocycles. The van der Waals surface area contributed by atoms with Crippen molar-refractivity contribution in [2.75, 3.05) is 5.73 Å². The molecule has 0 atom stereocenters. The van der Waals surface area contributed by atoms with Gasteiger partial charge in [-0.15, -0.1) is 0 Å². The number of nitrogens with two attached hydrogens (primary N) is 1. The fourth-order valence-electron chi connectivity index (χ4n) is 2.11. The summed E-state index contributed by atoms with van der Waals surface area (Å²) in [7, 11) is 0. The number of benzene rings is 1. The zero-order valence-corrected chi connectivity index (χ0v) is 11.7. The number of rotatable bonds is 1. The Morgan fingerprint density at radius 1 is 1.20 bits per heavy atom. The number of aromatic nitrogens is 4. The number of hydrogen-bond acceptors (Lipinski definition) is 5. The first-order chi connectivity index (χ1) is 9.70. The van der Waals surface area contributed by atoms with Gasteiger partial charge >= 0.3 is 0 Å². The normalized spacial score (nSPS) is 11.4. The van der Waals surface area contributed by atoms with E-state index in [2.05, 4.69) is 31.0 Å². The summed E-state index contributed by atoms with van der Waals surface area (Å²) in [5.41, 5.74) is 9.48. The van der Waals surface area contributed by atoms with Gasteiger partial charge in [-0.1, -0.05) is 0 Å². The third-order valence-corrected chi connectivity index (χ3v) is 3.59. The van der Waals surface area contributed by atoms with Gasteiger partial charge in [0.05, 0.1) is 16.4 Å². The van der Waals surface area contributed by atoms with Gasteiger partial charge in [0.2, 0.25) is 0 Å². The SMILES string of the molecule is Nc1nc2cc(-c3ccn4ncc(Br)c4n3)ccc2o1. The van der Waals surface area contributed by atoms with E-state index in [0.717, 1.165) is 21.4 Å². The standard InChI is InChI=1S/C13H8BrN5O/c14-8-6-16-19-4-3-9(17-12(8)19)7-1-2-11-10(5-7)18-13(15)20-11/h1-6H,(H2,15,18). The minimum absolute atomic E-state index is 0.166. The molecule has 0 saturated heterocycles. The lowest BCUT2D eigenvalue weighted by atomic mass is 10.1. The van der Waals surface area contributed by atoms with Crippen LogP contribution in [0.4, 0.5) is 6.01 Å². The number of halogens is 1. The Hall–Kier alpha value is -2.41. The van der Waals surface area contributed by atoms with Crippen LogP contribution in [0.1, 0.15) is 0 Å². The molecule has 0 saturated carbocycles. The maximum absolute atomic E-state index is 5.55. The zero-order chi connectivity index (χ0) is 13.7. The van der Waals surface area contributed by atoms with E-state index < -0.39 is 0 Å². The summed E-state index contributed by atoms with van der Waals surface area (Å²) in [6, 6.07) is 7.73. The van der Waals surface area contributed by atoms with E-state index in [4.69, 9.17) is 10.2 Å². The maximum Gasteiger partial charge on any atom is 0.292 e. The van der Waals surface area contributed by atoms with Crippen LogP contribution in [0.3, 0.4) is 0 Å². The van der Waals surface area contributed by atoms with Gasteiger partial charge in [0.15, 0.2) is 11.2 Å². The minimum Gasteiger partial charge on any atom is -0.424 e. The first kappa shape index (κ1) is 11.4. The van der Waals surface area contributed by atoms with Crippen LogP contribution in [0, 0.1) is 0 Å². The molecule has 0 fully saturated rings. The second-order valence-electron chi connectivity index (χ2n) is 4.31. The van der Waals surface area contributed by atoms with Crippen molar-refractivity contribution in [2.24, 2.45) is 0 Å². The first-order valence-corrected chi connectivity index (χ1v) is 6.66. The molecule has 6 nitrogen and oxygen atoms in total. The molecule has 0 amide bonds. The highest BCUT2D eigenvalue weighted by atomic mass is 79.9. The van der Waals surface area contributed by atoms with Crippen molar-refractivity contribution in [3.8, 4) is 11.3 Å². The van der Waals surface area contributed by atoms with Gasteiger partial charge < -0.3 is 10.2 Å². The highest BCUT2D eigenvalue weighted by molar-refractivity contribution is 9.10. The van der Waals surface area contributed by atoms with E-state index in [1.54, 1.807) is 10.7 Å². The Bertz CT molecular complexity index is 942. The van der Waals surface area contributed by atoms with E-state index in [-0.39, 0.29) is 6.01 Å². The van der Waals surface area contributed by atoms with Crippen molar-refractivity contribution in [3.63, 3.8) is 0 Å². The smallest absolute Gasteiger partial charge is 0.292 e. The summed E-state index contributed by atoms with van der Waals surface area (Å²) in [6.45, 7) is 0. The Morgan fingerprint density at radius 2 is 2.10 bits per heavy atom. The average Bonchev–Trinajstić information content (AvgIpc) is 3.00. The monoisotopic (exact) mass is 329 g/mol. The molecule has 0 bridgehead atoms. The summed E-state index contributed by atoms with van der Waals surface area (Å²) in [6.07, 6.45) is 3.58. The fraction of sp³-hybridized carbons (Fsp3) is 0. The van der Waals surface area contributed by atoms with Gasteiger partial charge in [-0.3, -0.25) is 0 Å². The Labute approximate surface area is 121 Å². The van der Waals surface area contributed by atoms with Gasteiger partial charge in [-0.25, -0.2) is 9.50 Å². The molecule has 4 rings (SSSR count). The zero-order valence-electron chi connectivity index (χ0n) is 10.1. The van der Waals surface area contributed by atoms with Gasteiger partial charge in [0.1, 0.15) is 5.52 Å². The van der Waals surface area contributed by atoms with Crippen molar-refractivity contribution in [2.45, 2.75) is 0 Å². The van der Waals surface area contributed by atoms with E-state index >= 15 is 0 Å². The number of oxazole rings is 1. The summed E-state index contributed by atoms with van der Waals surface area (Å²) < 4.78 is 7.82. The number of nitrogens with zero attached hydrogens (tertiary/aromatic N) is 4. The summed E-state index contributed by atoms with van der Waals surface area (Å²) in [5.74, 6) is 0. The molecule has 3 aromatic heterocycles. The van der Waals surface area contributed by atoms with Crippen molar-refractivity contribution in [1.29, 1.82) is 0 Å². The summed E-state index contributed by atoms with van der Waals surface area (Å²) >= 11 is 3.43. The van der Waals surface area contributed by atoms with Crippen LogP contribution in [0.2, 0.25) is 0 Å². The molecule has 0 unspecified atom stereocenters. The van der Waals surface area contributed by atoms with Crippen LogP contribution >= 0.6 is 15.9 Å². The molecule has 98 valence electrons. The molecule has 0 spiro atoms. The number of fused-ring (bicyclic) bond motifs is 2. The average molecular weight is 330 g/mol. The second kappa shape index (κ2) is 4.04. The number of nitrogen functional groups attached to an aromatic ring is 1. The van der Waals surface area contributed by atoms with E-state index in [0.29, 0.717) is 11.1 Å². The predicted octanol–water partition coefficient (Wildman–Crippen LogP) is 2.88. The Morgan fingerprint density at radius 3 is 3.00 bits per heavy atom. The molecular formula is C13H8BrN5O. The maximum atomic E-state index is 5.55. The number of anilines is 1. The molecule has 4 aromatic rings. The predicted molar refractivity (Wildman–Crippen MR) is 78.1 cm³/mol. The molecule has 3 heterocycles. The highest BCUT2D eigenvalue weighted by Gasteiger charge is 2.08. The Kier molecular flexibility index (Phi) is 2.31. The van der Waals surface area contributed by atoms with E-state index in [1.807, 2.05) is 30.5 Å². The lowest BCUT2D eigenvalue weighted by molar-refractivity contribution is 0.626. The Balaban J connectivity index is 1.92. The van der Waals surface area contributed by atoms with Crippen LogP contribution in [-0.4, -0.2) is 19.6 Å². The fourth-order valence-corrected chi connectivity index (χ4v) is 2.47.